The van der Waals surface area contributed by atoms with Crippen molar-refractivity contribution >= 4 is 11.7 Å². The van der Waals surface area contributed by atoms with Gasteiger partial charge in [0, 0.05) is 19.8 Å². The van der Waals surface area contributed by atoms with Gasteiger partial charge in [-0.25, -0.2) is 4.79 Å². The zero-order chi connectivity index (χ0) is 13.0. The van der Waals surface area contributed by atoms with Crippen LogP contribution in [0.3, 0.4) is 0 Å². The van der Waals surface area contributed by atoms with Crippen LogP contribution in [0, 0.1) is 0 Å². The van der Waals surface area contributed by atoms with Gasteiger partial charge in [-0.15, -0.1) is 0 Å². The highest BCUT2D eigenvalue weighted by Gasteiger charge is 2.29. The molecule has 1 aliphatic carbocycles. The maximum absolute atomic E-state index is 11.6. The second-order valence-electron chi connectivity index (χ2n) is 5.00. The van der Waals surface area contributed by atoms with E-state index in [0.717, 1.165) is 25.7 Å². The molecule has 18 heavy (non-hydrogen) atoms. The highest BCUT2D eigenvalue weighted by Crippen LogP contribution is 2.27. The van der Waals surface area contributed by atoms with Crippen LogP contribution in [0.2, 0.25) is 0 Å². The lowest BCUT2D eigenvalue weighted by atomic mass is 9.85. The number of carbonyl (C=O) groups is 1. The van der Waals surface area contributed by atoms with E-state index in [0.29, 0.717) is 12.2 Å². The fourth-order valence-electron chi connectivity index (χ4n) is 2.29. The summed E-state index contributed by atoms with van der Waals surface area (Å²) in [6, 6.07) is -0.304. The van der Waals surface area contributed by atoms with Gasteiger partial charge in [0.2, 0.25) is 0 Å². The lowest BCUT2D eigenvalue weighted by Crippen LogP contribution is -2.45. The van der Waals surface area contributed by atoms with Crippen LogP contribution in [0.15, 0.2) is 12.4 Å². The molecule has 2 rings (SSSR count). The lowest BCUT2D eigenvalue weighted by Gasteiger charge is -2.32. The molecule has 0 radical (unpaired) electrons. The van der Waals surface area contributed by atoms with Crippen LogP contribution in [0.5, 0.6) is 0 Å². The monoisotopic (exact) mass is 252 g/mol. The molecule has 2 amide bonds. The second-order valence-corrected chi connectivity index (χ2v) is 5.00. The summed E-state index contributed by atoms with van der Waals surface area (Å²) in [6.07, 6.45) is 8.05. The van der Waals surface area contributed by atoms with Crippen molar-refractivity contribution in [3.05, 3.63) is 12.4 Å². The van der Waals surface area contributed by atoms with Gasteiger partial charge in [-0.2, -0.15) is 5.10 Å². The van der Waals surface area contributed by atoms with Gasteiger partial charge in [0.15, 0.2) is 0 Å². The largest absolute Gasteiger partial charge is 0.388 e. The van der Waals surface area contributed by atoms with Crippen molar-refractivity contribution in [3.63, 3.8) is 0 Å². The van der Waals surface area contributed by atoms with Crippen molar-refractivity contribution < 1.29 is 9.90 Å². The van der Waals surface area contributed by atoms with Crippen LogP contribution in [0.25, 0.3) is 0 Å². The summed E-state index contributed by atoms with van der Waals surface area (Å²) in [5, 5.41) is 19.6. The van der Waals surface area contributed by atoms with Gasteiger partial charge in [-0.05, 0) is 12.8 Å². The van der Waals surface area contributed by atoms with Gasteiger partial charge in [0.25, 0.3) is 0 Å². The third kappa shape index (κ3) is 3.46. The van der Waals surface area contributed by atoms with E-state index in [4.69, 9.17) is 0 Å². The standard InChI is InChI=1S/C12H20N4O2/c1-16-8-10(7-14-16)15-11(17)13-9-12(18)5-3-2-4-6-12/h7-8,18H,2-6,9H2,1H3,(H2,13,15,17). The number of rotatable bonds is 3. The normalized spacial score (nSPS) is 18.3. The Labute approximate surface area is 106 Å². The van der Waals surface area contributed by atoms with E-state index in [-0.39, 0.29) is 6.03 Å². The van der Waals surface area contributed by atoms with Crippen LogP contribution >= 0.6 is 0 Å². The Balaban J connectivity index is 1.77. The summed E-state index contributed by atoms with van der Waals surface area (Å²) in [6.45, 7) is 0.305. The van der Waals surface area contributed by atoms with E-state index >= 15 is 0 Å². The number of nitrogens with one attached hydrogen (secondary N) is 2. The van der Waals surface area contributed by atoms with Crippen LogP contribution < -0.4 is 10.6 Å². The van der Waals surface area contributed by atoms with Crippen LogP contribution in [-0.4, -0.2) is 33.1 Å². The molecule has 0 aromatic carbocycles. The number of hydrogen-bond acceptors (Lipinski definition) is 3. The smallest absolute Gasteiger partial charge is 0.319 e. The molecule has 1 heterocycles. The quantitative estimate of drug-likeness (QED) is 0.757. The summed E-state index contributed by atoms with van der Waals surface area (Å²) >= 11 is 0. The molecular weight excluding hydrogens is 232 g/mol. The molecule has 0 atom stereocenters. The molecule has 0 aliphatic heterocycles. The SMILES string of the molecule is Cn1cc(NC(=O)NCC2(O)CCCCC2)cn1. The predicted octanol–water partition coefficient (Wildman–Crippen LogP) is 1.24. The lowest BCUT2D eigenvalue weighted by molar-refractivity contribution is 0.00755. The molecule has 1 saturated carbocycles. The maximum atomic E-state index is 11.6. The van der Waals surface area contributed by atoms with Crippen molar-refractivity contribution in [1.82, 2.24) is 15.1 Å². The molecule has 0 saturated heterocycles. The molecule has 0 bridgehead atoms. The molecular formula is C12H20N4O2. The van der Waals surface area contributed by atoms with E-state index in [9.17, 15) is 9.90 Å². The van der Waals surface area contributed by atoms with Crippen LogP contribution in [-0.2, 0) is 7.05 Å². The number of aliphatic hydroxyl groups is 1. The first-order valence-electron chi connectivity index (χ1n) is 6.33. The number of amides is 2. The average Bonchev–Trinajstić information content (AvgIpc) is 2.73. The number of nitrogens with zero attached hydrogens (tertiary/aromatic N) is 2. The van der Waals surface area contributed by atoms with E-state index in [1.165, 1.54) is 6.42 Å². The van der Waals surface area contributed by atoms with E-state index in [1.54, 1.807) is 24.1 Å². The molecule has 1 fully saturated rings. The van der Waals surface area contributed by atoms with E-state index in [1.807, 2.05) is 0 Å². The number of urea groups is 1. The number of aromatic nitrogens is 2. The zero-order valence-electron chi connectivity index (χ0n) is 10.6. The van der Waals surface area contributed by atoms with Gasteiger partial charge >= 0.3 is 6.03 Å². The molecule has 1 aliphatic rings. The van der Waals surface area contributed by atoms with Crippen molar-refractivity contribution in [2.75, 3.05) is 11.9 Å². The van der Waals surface area contributed by atoms with Gasteiger partial charge in [-0.3, -0.25) is 4.68 Å². The molecule has 6 heteroatoms. The fourth-order valence-corrected chi connectivity index (χ4v) is 2.29. The summed E-state index contributed by atoms with van der Waals surface area (Å²) in [7, 11) is 1.79. The number of anilines is 1. The summed E-state index contributed by atoms with van der Waals surface area (Å²) in [4.78, 5) is 11.6. The molecule has 0 spiro atoms. The molecule has 0 unspecified atom stereocenters. The Morgan fingerprint density at radius 1 is 1.50 bits per heavy atom. The fraction of sp³-hybridized carbons (Fsp3) is 0.667. The molecule has 3 N–H and O–H groups in total. The van der Waals surface area contributed by atoms with Crippen molar-refractivity contribution in [1.29, 1.82) is 0 Å². The summed E-state index contributed by atoms with van der Waals surface area (Å²) < 4.78 is 1.62. The third-order valence-electron chi connectivity index (χ3n) is 3.33. The first kappa shape index (κ1) is 12.9. The molecule has 1 aromatic heterocycles. The molecule has 1 aromatic rings. The average molecular weight is 252 g/mol. The Kier molecular flexibility index (Phi) is 3.86. The van der Waals surface area contributed by atoms with Gasteiger partial charge < -0.3 is 15.7 Å². The minimum Gasteiger partial charge on any atom is -0.388 e. The second kappa shape index (κ2) is 5.39. The van der Waals surface area contributed by atoms with E-state index < -0.39 is 5.60 Å². The first-order chi connectivity index (χ1) is 8.57. The van der Waals surface area contributed by atoms with Gasteiger partial charge in [0.1, 0.15) is 0 Å². The highest BCUT2D eigenvalue weighted by molar-refractivity contribution is 5.88. The summed E-state index contributed by atoms with van der Waals surface area (Å²) in [5.74, 6) is 0. The Bertz CT molecular complexity index is 410. The van der Waals surface area contributed by atoms with Crippen molar-refractivity contribution in [2.24, 2.45) is 7.05 Å². The topological polar surface area (TPSA) is 79.2 Å². The Hall–Kier alpha value is -1.56. The number of carbonyl (C=O) groups excluding carboxylic acids is 1. The number of aryl methyl sites for hydroxylation is 1. The minimum atomic E-state index is -0.732. The van der Waals surface area contributed by atoms with E-state index in [2.05, 4.69) is 15.7 Å². The van der Waals surface area contributed by atoms with Gasteiger partial charge in [-0.1, -0.05) is 19.3 Å². The first-order valence-corrected chi connectivity index (χ1v) is 6.33. The minimum absolute atomic E-state index is 0.304. The third-order valence-corrected chi connectivity index (χ3v) is 3.33. The molecule has 100 valence electrons. The molecule has 6 nitrogen and oxygen atoms in total. The van der Waals surface area contributed by atoms with Crippen molar-refractivity contribution in [2.45, 2.75) is 37.7 Å². The summed E-state index contributed by atoms with van der Waals surface area (Å²) in [5.41, 5.74) is -0.0875. The van der Waals surface area contributed by atoms with Crippen LogP contribution in [0.4, 0.5) is 10.5 Å². The highest BCUT2D eigenvalue weighted by atomic mass is 16.3. The van der Waals surface area contributed by atoms with Gasteiger partial charge in [0.05, 0.1) is 17.5 Å². The predicted molar refractivity (Wildman–Crippen MR) is 68.3 cm³/mol. The Morgan fingerprint density at radius 3 is 2.83 bits per heavy atom. The van der Waals surface area contributed by atoms with Crippen molar-refractivity contribution in [3.8, 4) is 0 Å². The van der Waals surface area contributed by atoms with Crippen LogP contribution in [0.1, 0.15) is 32.1 Å². The number of hydrogen-bond donors (Lipinski definition) is 3. The Morgan fingerprint density at radius 2 is 2.22 bits per heavy atom. The maximum Gasteiger partial charge on any atom is 0.319 e. The zero-order valence-corrected chi connectivity index (χ0v) is 10.6.